The topological polar surface area (TPSA) is 71.9 Å². The lowest BCUT2D eigenvalue weighted by Gasteiger charge is -2.10. The van der Waals surface area contributed by atoms with E-state index in [1.807, 2.05) is 13.0 Å². The predicted octanol–water partition coefficient (Wildman–Crippen LogP) is 3.25. The number of nitriles is 1. The van der Waals surface area contributed by atoms with Crippen molar-refractivity contribution in [3.05, 3.63) is 41.0 Å². The third-order valence-corrected chi connectivity index (χ3v) is 3.98. The van der Waals surface area contributed by atoms with Gasteiger partial charge in [0.05, 0.1) is 24.0 Å². The maximum Gasteiger partial charge on any atom is 0.239 e. The number of hydrogen-bond acceptors (Lipinski definition) is 6. The van der Waals surface area contributed by atoms with Gasteiger partial charge in [-0.25, -0.2) is 0 Å². The average Bonchev–Trinajstić information content (AvgIpc) is 2.91. The van der Waals surface area contributed by atoms with E-state index in [1.165, 1.54) is 0 Å². The first-order chi connectivity index (χ1) is 9.63. The van der Waals surface area contributed by atoms with Crippen LogP contribution in [0.5, 0.6) is 5.75 Å². The standard InChI is InChI=1S/C14H15N3O2S/c1-9(14-16-10(2)17-19-14)20-8-12-5-4-11(7-15)6-13(12)18-3/h4-6,9H,8H2,1-3H3. The molecule has 20 heavy (non-hydrogen) atoms. The molecular formula is C14H15N3O2S. The van der Waals surface area contributed by atoms with Gasteiger partial charge in [-0.05, 0) is 26.0 Å². The average molecular weight is 289 g/mol. The maximum atomic E-state index is 8.88. The second kappa shape index (κ2) is 6.44. The monoisotopic (exact) mass is 289 g/mol. The smallest absolute Gasteiger partial charge is 0.239 e. The minimum absolute atomic E-state index is 0.108. The Morgan fingerprint density at radius 2 is 2.30 bits per heavy atom. The molecule has 6 heteroatoms. The predicted molar refractivity (Wildman–Crippen MR) is 76.5 cm³/mol. The first-order valence-corrected chi connectivity index (χ1v) is 7.17. The Balaban J connectivity index is 2.05. The van der Waals surface area contributed by atoms with Crippen molar-refractivity contribution in [2.24, 2.45) is 0 Å². The van der Waals surface area contributed by atoms with Crippen LogP contribution in [0, 0.1) is 18.3 Å². The number of benzene rings is 1. The van der Waals surface area contributed by atoms with Crippen molar-refractivity contribution in [3.63, 3.8) is 0 Å². The van der Waals surface area contributed by atoms with Crippen molar-refractivity contribution >= 4 is 11.8 Å². The summed E-state index contributed by atoms with van der Waals surface area (Å²) in [5, 5.41) is 12.8. The van der Waals surface area contributed by atoms with Crippen LogP contribution >= 0.6 is 11.8 Å². The van der Waals surface area contributed by atoms with E-state index in [0.717, 1.165) is 17.1 Å². The van der Waals surface area contributed by atoms with Crippen molar-refractivity contribution in [2.75, 3.05) is 7.11 Å². The summed E-state index contributed by atoms with van der Waals surface area (Å²) in [4.78, 5) is 4.22. The van der Waals surface area contributed by atoms with Crippen molar-refractivity contribution in [1.82, 2.24) is 10.1 Å². The number of hydrogen-bond donors (Lipinski definition) is 0. The fourth-order valence-electron chi connectivity index (χ4n) is 1.70. The van der Waals surface area contributed by atoms with E-state index in [9.17, 15) is 0 Å². The zero-order chi connectivity index (χ0) is 14.5. The van der Waals surface area contributed by atoms with Crippen molar-refractivity contribution in [3.8, 4) is 11.8 Å². The summed E-state index contributed by atoms with van der Waals surface area (Å²) in [7, 11) is 1.61. The second-order valence-corrected chi connectivity index (χ2v) is 5.60. The minimum Gasteiger partial charge on any atom is -0.496 e. The number of nitrogens with zero attached hydrogens (tertiary/aromatic N) is 3. The molecule has 1 aromatic carbocycles. The highest BCUT2D eigenvalue weighted by Gasteiger charge is 2.14. The van der Waals surface area contributed by atoms with Gasteiger partial charge in [0.25, 0.3) is 0 Å². The lowest BCUT2D eigenvalue weighted by atomic mass is 10.1. The Bertz CT molecular complexity index is 634. The molecule has 0 bridgehead atoms. The van der Waals surface area contributed by atoms with Crippen LogP contribution in [0.2, 0.25) is 0 Å². The fourth-order valence-corrected chi connectivity index (χ4v) is 2.60. The molecule has 2 rings (SSSR count). The van der Waals surface area contributed by atoms with Crippen LogP contribution in [0.1, 0.15) is 35.0 Å². The largest absolute Gasteiger partial charge is 0.496 e. The first-order valence-electron chi connectivity index (χ1n) is 6.13. The molecule has 0 amide bonds. The number of ether oxygens (including phenoxy) is 1. The van der Waals surface area contributed by atoms with E-state index < -0.39 is 0 Å². The zero-order valence-electron chi connectivity index (χ0n) is 11.6. The van der Waals surface area contributed by atoms with E-state index in [0.29, 0.717) is 17.3 Å². The molecule has 0 spiro atoms. The molecule has 0 aliphatic carbocycles. The van der Waals surface area contributed by atoms with Gasteiger partial charge in [0.1, 0.15) is 5.75 Å². The molecule has 1 atom stereocenters. The normalized spacial score (nSPS) is 11.9. The molecule has 1 aromatic heterocycles. The van der Waals surface area contributed by atoms with Crippen molar-refractivity contribution in [2.45, 2.75) is 24.9 Å². The summed E-state index contributed by atoms with van der Waals surface area (Å²) >= 11 is 1.68. The van der Waals surface area contributed by atoms with Gasteiger partial charge in [-0.3, -0.25) is 0 Å². The van der Waals surface area contributed by atoms with Crippen LogP contribution in [0.25, 0.3) is 0 Å². The summed E-state index contributed by atoms with van der Waals surface area (Å²) in [6.07, 6.45) is 0. The molecule has 0 saturated carbocycles. The SMILES string of the molecule is COc1cc(C#N)ccc1CSC(C)c1nc(C)no1. The Hall–Kier alpha value is -2.00. The fraction of sp³-hybridized carbons (Fsp3) is 0.357. The second-order valence-electron chi connectivity index (χ2n) is 4.27. The molecule has 5 nitrogen and oxygen atoms in total. The van der Waals surface area contributed by atoms with Crippen LogP contribution in [-0.2, 0) is 5.75 Å². The minimum atomic E-state index is 0.108. The lowest BCUT2D eigenvalue weighted by Crippen LogP contribution is -1.94. The van der Waals surface area contributed by atoms with E-state index in [2.05, 4.69) is 16.2 Å². The van der Waals surface area contributed by atoms with Gasteiger partial charge < -0.3 is 9.26 Å². The van der Waals surface area contributed by atoms with Crippen LogP contribution in [0.3, 0.4) is 0 Å². The highest BCUT2D eigenvalue weighted by Crippen LogP contribution is 2.33. The van der Waals surface area contributed by atoms with Gasteiger partial charge in [0.2, 0.25) is 5.89 Å². The Morgan fingerprint density at radius 3 is 2.90 bits per heavy atom. The third-order valence-electron chi connectivity index (χ3n) is 2.80. The van der Waals surface area contributed by atoms with Gasteiger partial charge >= 0.3 is 0 Å². The number of methoxy groups -OCH3 is 1. The van der Waals surface area contributed by atoms with Crippen LogP contribution in [0.4, 0.5) is 0 Å². The quantitative estimate of drug-likeness (QED) is 0.841. The first kappa shape index (κ1) is 14.4. The summed E-state index contributed by atoms with van der Waals surface area (Å²) < 4.78 is 10.5. The summed E-state index contributed by atoms with van der Waals surface area (Å²) in [6.45, 7) is 3.82. The van der Waals surface area contributed by atoms with Gasteiger partial charge in [-0.2, -0.15) is 10.2 Å². The molecule has 104 valence electrons. The lowest BCUT2D eigenvalue weighted by molar-refractivity contribution is 0.376. The number of thioether (sulfide) groups is 1. The van der Waals surface area contributed by atoms with Gasteiger partial charge in [-0.1, -0.05) is 11.2 Å². The van der Waals surface area contributed by atoms with E-state index >= 15 is 0 Å². The van der Waals surface area contributed by atoms with Gasteiger partial charge in [-0.15, -0.1) is 11.8 Å². The molecular weight excluding hydrogens is 274 g/mol. The molecule has 0 radical (unpaired) electrons. The highest BCUT2D eigenvalue weighted by atomic mass is 32.2. The van der Waals surface area contributed by atoms with E-state index in [-0.39, 0.29) is 5.25 Å². The highest BCUT2D eigenvalue weighted by molar-refractivity contribution is 7.98. The van der Waals surface area contributed by atoms with Crippen molar-refractivity contribution in [1.29, 1.82) is 5.26 Å². The summed E-state index contributed by atoms with van der Waals surface area (Å²) in [5.41, 5.74) is 1.63. The van der Waals surface area contributed by atoms with E-state index in [4.69, 9.17) is 14.5 Å². The zero-order valence-corrected chi connectivity index (χ0v) is 12.4. The molecule has 0 aliphatic rings. The number of aryl methyl sites for hydroxylation is 1. The molecule has 0 N–H and O–H groups in total. The van der Waals surface area contributed by atoms with Gasteiger partial charge in [0, 0.05) is 11.3 Å². The molecule has 1 unspecified atom stereocenters. The third kappa shape index (κ3) is 3.31. The van der Waals surface area contributed by atoms with E-state index in [1.54, 1.807) is 37.9 Å². The van der Waals surface area contributed by atoms with Crippen molar-refractivity contribution < 1.29 is 9.26 Å². The Labute approximate surface area is 121 Å². The Kier molecular flexibility index (Phi) is 4.64. The molecule has 2 aromatic rings. The molecule has 0 saturated heterocycles. The Morgan fingerprint density at radius 1 is 1.50 bits per heavy atom. The molecule has 0 fully saturated rings. The van der Waals surface area contributed by atoms with Crippen LogP contribution in [-0.4, -0.2) is 17.3 Å². The van der Waals surface area contributed by atoms with Crippen LogP contribution < -0.4 is 4.74 Å². The van der Waals surface area contributed by atoms with Gasteiger partial charge in [0.15, 0.2) is 5.82 Å². The number of aromatic nitrogens is 2. The maximum absolute atomic E-state index is 8.88. The molecule has 1 heterocycles. The summed E-state index contributed by atoms with van der Waals surface area (Å²) in [6, 6.07) is 7.55. The van der Waals surface area contributed by atoms with Crippen LogP contribution in [0.15, 0.2) is 22.7 Å². The molecule has 0 aliphatic heterocycles. The number of rotatable bonds is 5. The summed E-state index contributed by atoms with van der Waals surface area (Å²) in [5.74, 6) is 2.74.